The van der Waals surface area contributed by atoms with Crippen molar-refractivity contribution < 1.29 is 9.09 Å². The van der Waals surface area contributed by atoms with Gasteiger partial charge in [-0.25, -0.2) is 4.67 Å². The smallest absolute Gasteiger partial charge is 0.330 e. The Morgan fingerprint density at radius 2 is 1.41 bits per heavy atom. The van der Waals surface area contributed by atoms with Gasteiger partial charge in [-0.2, -0.15) is 0 Å². The normalized spacial score (nSPS) is 24.0. The maximum atomic E-state index is 14.2. The van der Waals surface area contributed by atoms with E-state index < -0.39 is 7.52 Å². The van der Waals surface area contributed by atoms with Crippen LogP contribution in [0.1, 0.15) is 36.0 Å². The zero-order valence-electron chi connectivity index (χ0n) is 20.0. The van der Waals surface area contributed by atoms with Gasteiger partial charge >= 0.3 is 7.52 Å². The van der Waals surface area contributed by atoms with Crippen LogP contribution in [0.5, 0.6) is 0 Å². The summed E-state index contributed by atoms with van der Waals surface area (Å²) in [6.45, 7) is 0. The van der Waals surface area contributed by atoms with E-state index in [1.807, 2.05) is 42.3 Å². The van der Waals surface area contributed by atoms with Gasteiger partial charge in [0, 0.05) is 39.6 Å². The molecule has 32 heavy (non-hydrogen) atoms. The molecule has 0 amide bonds. The molecule has 0 fully saturated rings. The van der Waals surface area contributed by atoms with E-state index >= 15 is 0 Å². The summed E-state index contributed by atoms with van der Waals surface area (Å²) >= 11 is 0. The number of hydrogen-bond acceptors (Lipinski definition) is 4. The minimum atomic E-state index is -3.08. The van der Waals surface area contributed by atoms with Crippen molar-refractivity contribution in [2.75, 3.05) is 52.1 Å². The molecule has 2 atom stereocenters. The summed E-state index contributed by atoms with van der Waals surface area (Å²) in [5.41, 5.74) is 6.62. The van der Waals surface area contributed by atoms with Crippen molar-refractivity contribution >= 4 is 25.0 Å². The summed E-state index contributed by atoms with van der Waals surface area (Å²) in [7, 11) is 8.79. The van der Waals surface area contributed by atoms with E-state index in [4.69, 9.17) is 4.52 Å². The predicted molar refractivity (Wildman–Crippen MR) is 136 cm³/mol. The van der Waals surface area contributed by atoms with E-state index in [9.17, 15) is 4.57 Å². The molecular formula is C26H34N3O2P. The number of nitrogens with zero attached hydrogens (tertiary/aromatic N) is 3. The van der Waals surface area contributed by atoms with Gasteiger partial charge in [-0.15, -0.1) is 0 Å². The van der Waals surface area contributed by atoms with Crippen LogP contribution in [0.4, 0.5) is 11.4 Å². The lowest BCUT2D eigenvalue weighted by atomic mass is 9.88. The third-order valence-corrected chi connectivity index (χ3v) is 9.21. The van der Waals surface area contributed by atoms with Crippen molar-refractivity contribution in [1.82, 2.24) is 4.67 Å². The Kier molecular flexibility index (Phi) is 6.24. The van der Waals surface area contributed by atoms with Crippen LogP contribution < -0.4 is 9.80 Å². The molecule has 0 radical (unpaired) electrons. The third kappa shape index (κ3) is 4.12. The molecule has 0 saturated carbocycles. The summed E-state index contributed by atoms with van der Waals surface area (Å²) in [6.07, 6.45) is 5.10. The molecular weight excluding hydrogens is 417 g/mol. The predicted octanol–water partition coefficient (Wildman–Crippen LogP) is 6.17. The zero-order valence-corrected chi connectivity index (χ0v) is 20.9. The molecule has 1 aliphatic heterocycles. The SMILES string of the molecule is CN(C)c1ccc(/C=C2\CCCC3=C2OP(=O)(N(C)C)C3c2ccc(N(C)C)cc2)cc1. The highest BCUT2D eigenvalue weighted by Crippen LogP contribution is 2.72. The Morgan fingerprint density at radius 1 is 0.844 bits per heavy atom. The molecule has 2 aromatic rings. The quantitative estimate of drug-likeness (QED) is 0.509. The first kappa shape index (κ1) is 22.7. The topological polar surface area (TPSA) is 36.0 Å². The Labute approximate surface area is 192 Å². The Morgan fingerprint density at radius 3 is 1.94 bits per heavy atom. The summed E-state index contributed by atoms with van der Waals surface area (Å²) < 4.78 is 22.3. The van der Waals surface area contributed by atoms with Crippen LogP contribution in [0.25, 0.3) is 6.08 Å². The van der Waals surface area contributed by atoms with Crippen LogP contribution in [0, 0.1) is 0 Å². The van der Waals surface area contributed by atoms with E-state index in [0.717, 1.165) is 47.4 Å². The molecule has 4 rings (SSSR count). The van der Waals surface area contributed by atoms with E-state index in [2.05, 4.69) is 64.4 Å². The molecule has 0 aromatic heterocycles. The molecule has 0 spiro atoms. The second-order valence-corrected chi connectivity index (χ2v) is 11.9. The highest BCUT2D eigenvalue weighted by molar-refractivity contribution is 7.57. The average Bonchev–Trinajstić information content (AvgIpc) is 3.08. The van der Waals surface area contributed by atoms with Crippen molar-refractivity contribution in [2.24, 2.45) is 0 Å². The number of allylic oxidation sites excluding steroid dienone is 2. The number of hydrogen-bond donors (Lipinski definition) is 0. The Bertz CT molecular complexity index is 1080. The van der Waals surface area contributed by atoms with Gasteiger partial charge in [0.25, 0.3) is 0 Å². The van der Waals surface area contributed by atoms with Crippen LogP contribution >= 0.6 is 7.52 Å². The zero-order chi connectivity index (χ0) is 23.0. The van der Waals surface area contributed by atoms with Gasteiger partial charge in [-0.3, -0.25) is 4.57 Å². The summed E-state index contributed by atoms with van der Waals surface area (Å²) in [5.74, 6) is 0.853. The highest BCUT2D eigenvalue weighted by Gasteiger charge is 2.50. The minimum absolute atomic E-state index is 0.219. The first-order chi connectivity index (χ1) is 15.2. The fraction of sp³-hybridized carbons (Fsp3) is 0.385. The third-order valence-electron chi connectivity index (χ3n) is 6.39. The van der Waals surface area contributed by atoms with Crippen LogP contribution in [0.2, 0.25) is 0 Å². The van der Waals surface area contributed by atoms with Gasteiger partial charge in [0.05, 0.1) is 0 Å². The molecule has 1 aliphatic carbocycles. The second-order valence-electron chi connectivity index (χ2n) is 9.25. The van der Waals surface area contributed by atoms with Crippen molar-refractivity contribution in [3.8, 4) is 0 Å². The minimum Gasteiger partial charge on any atom is -0.432 e. The van der Waals surface area contributed by atoms with Crippen molar-refractivity contribution in [1.29, 1.82) is 0 Å². The number of benzene rings is 2. The van der Waals surface area contributed by atoms with Crippen LogP contribution in [-0.2, 0) is 9.09 Å². The lowest BCUT2D eigenvalue weighted by molar-refractivity contribution is 0.366. The molecule has 1 heterocycles. The van der Waals surface area contributed by atoms with Crippen molar-refractivity contribution in [3.63, 3.8) is 0 Å². The first-order valence-corrected chi connectivity index (χ1v) is 12.8. The first-order valence-electron chi connectivity index (χ1n) is 11.2. The van der Waals surface area contributed by atoms with Crippen LogP contribution in [-0.4, -0.2) is 47.0 Å². The lowest BCUT2D eigenvalue weighted by Gasteiger charge is -2.27. The van der Waals surface area contributed by atoms with E-state index in [0.29, 0.717) is 0 Å². The Balaban J connectivity index is 1.75. The molecule has 2 aromatic carbocycles. The summed E-state index contributed by atoms with van der Waals surface area (Å²) in [6, 6.07) is 16.9. The lowest BCUT2D eigenvalue weighted by Crippen LogP contribution is -2.14. The molecule has 0 saturated heterocycles. The van der Waals surface area contributed by atoms with Crippen molar-refractivity contribution in [2.45, 2.75) is 24.9 Å². The van der Waals surface area contributed by atoms with Gasteiger partial charge in [0.1, 0.15) is 11.4 Å². The molecule has 2 aliphatic rings. The summed E-state index contributed by atoms with van der Waals surface area (Å²) in [4.78, 5) is 4.17. The maximum Gasteiger partial charge on any atom is 0.330 e. The van der Waals surface area contributed by atoms with Gasteiger partial charge in [0.15, 0.2) is 0 Å². The standard InChI is InChI=1S/C26H34N3O2P/c1-27(2)22-14-10-19(11-15-22)18-21-8-7-9-24-25(21)31-32(30,29(5)6)26(24)20-12-16-23(17-13-20)28(3)4/h10-18,26H,7-9H2,1-6H3/b21-18+. The van der Waals surface area contributed by atoms with Gasteiger partial charge in [-0.1, -0.05) is 24.3 Å². The molecule has 2 unspecified atom stereocenters. The number of rotatable bonds is 5. The average molecular weight is 452 g/mol. The van der Waals surface area contributed by atoms with Gasteiger partial charge in [0.2, 0.25) is 0 Å². The molecule has 170 valence electrons. The van der Waals surface area contributed by atoms with Crippen LogP contribution in [0.3, 0.4) is 0 Å². The van der Waals surface area contributed by atoms with E-state index in [1.54, 1.807) is 4.67 Å². The fourth-order valence-electron chi connectivity index (χ4n) is 4.53. The maximum absolute atomic E-state index is 14.2. The molecule has 0 bridgehead atoms. The monoisotopic (exact) mass is 451 g/mol. The highest BCUT2D eigenvalue weighted by atomic mass is 31.2. The number of anilines is 2. The largest absolute Gasteiger partial charge is 0.432 e. The fourth-order valence-corrected chi connectivity index (χ4v) is 6.94. The van der Waals surface area contributed by atoms with E-state index in [1.165, 1.54) is 11.3 Å². The summed E-state index contributed by atoms with van der Waals surface area (Å²) in [5, 5.41) is 0. The molecule has 5 nitrogen and oxygen atoms in total. The van der Waals surface area contributed by atoms with E-state index in [-0.39, 0.29) is 5.66 Å². The second kappa shape index (κ2) is 8.80. The van der Waals surface area contributed by atoms with Gasteiger partial charge < -0.3 is 14.3 Å². The van der Waals surface area contributed by atoms with Crippen LogP contribution in [0.15, 0.2) is 65.4 Å². The van der Waals surface area contributed by atoms with Crippen molar-refractivity contribution in [3.05, 3.63) is 76.6 Å². The molecule has 6 heteroatoms. The Hall–Kier alpha value is -2.49. The molecule has 0 N–H and O–H groups in total. The van der Waals surface area contributed by atoms with Gasteiger partial charge in [-0.05, 0) is 86.0 Å².